The highest BCUT2D eigenvalue weighted by Crippen LogP contribution is 2.29. The minimum absolute atomic E-state index is 0.149. The van der Waals surface area contributed by atoms with E-state index in [2.05, 4.69) is 24.1 Å². The van der Waals surface area contributed by atoms with E-state index < -0.39 is 5.54 Å². The molecule has 1 atom stereocenters. The smallest absolute Gasteiger partial charge is 0.326 e. The molecule has 0 radical (unpaired) electrons. The highest BCUT2D eigenvalue weighted by molar-refractivity contribution is 5.80. The van der Waals surface area contributed by atoms with Gasteiger partial charge in [-0.3, -0.25) is 9.69 Å². The molecule has 18 heavy (non-hydrogen) atoms. The second-order valence-electron chi connectivity index (χ2n) is 5.96. The Bertz CT molecular complexity index is 292. The SMILES string of the molecule is CCOC(=O)C(C)(CCN1CCCC1(C)C)NC. The molecule has 4 heteroatoms. The van der Waals surface area contributed by atoms with Crippen LogP contribution in [0, 0.1) is 0 Å². The zero-order valence-corrected chi connectivity index (χ0v) is 12.5. The molecular formula is C14H28N2O2. The first-order valence-corrected chi connectivity index (χ1v) is 6.97. The predicted octanol–water partition coefficient (Wildman–Crippen LogP) is 1.79. The fourth-order valence-electron chi connectivity index (χ4n) is 2.56. The second kappa shape index (κ2) is 6.02. The summed E-state index contributed by atoms with van der Waals surface area (Å²) < 4.78 is 5.15. The molecule has 4 nitrogen and oxygen atoms in total. The molecule has 0 amide bonds. The lowest BCUT2D eigenvalue weighted by Crippen LogP contribution is -2.51. The molecule has 1 N–H and O–H groups in total. The number of ether oxygens (including phenoxy) is 1. The van der Waals surface area contributed by atoms with Crippen molar-refractivity contribution >= 4 is 5.97 Å². The van der Waals surface area contributed by atoms with Crippen LogP contribution in [-0.4, -0.2) is 48.7 Å². The van der Waals surface area contributed by atoms with Crippen molar-refractivity contribution in [2.75, 3.05) is 26.7 Å². The molecule has 0 saturated carbocycles. The Labute approximate surface area is 111 Å². The molecule has 1 fully saturated rings. The number of hydrogen-bond acceptors (Lipinski definition) is 4. The van der Waals surface area contributed by atoms with Gasteiger partial charge in [0, 0.05) is 12.1 Å². The van der Waals surface area contributed by atoms with E-state index in [-0.39, 0.29) is 11.5 Å². The average Bonchev–Trinajstić information content (AvgIpc) is 2.65. The summed E-state index contributed by atoms with van der Waals surface area (Å²) in [7, 11) is 1.83. The quantitative estimate of drug-likeness (QED) is 0.736. The van der Waals surface area contributed by atoms with Gasteiger partial charge in [-0.25, -0.2) is 0 Å². The van der Waals surface area contributed by atoms with Crippen LogP contribution in [0.2, 0.25) is 0 Å². The third-order valence-corrected chi connectivity index (χ3v) is 4.23. The Morgan fingerprint density at radius 3 is 2.61 bits per heavy atom. The van der Waals surface area contributed by atoms with Crippen molar-refractivity contribution in [2.24, 2.45) is 0 Å². The molecule has 0 aromatic heterocycles. The summed E-state index contributed by atoms with van der Waals surface area (Å²) in [6, 6.07) is 0. The van der Waals surface area contributed by atoms with Crippen LogP contribution < -0.4 is 5.32 Å². The molecule has 0 aromatic carbocycles. The first-order valence-electron chi connectivity index (χ1n) is 6.97. The molecule has 0 spiro atoms. The monoisotopic (exact) mass is 256 g/mol. The van der Waals surface area contributed by atoms with Crippen molar-refractivity contribution in [3.63, 3.8) is 0 Å². The summed E-state index contributed by atoms with van der Waals surface area (Å²) in [6.45, 7) is 10.8. The lowest BCUT2D eigenvalue weighted by molar-refractivity contribution is -0.150. The van der Waals surface area contributed by atoms with Crippen LogP contribution in [0.5, 0.6) is 0 Å². The van der Waals surface area contributed by atoms with E-state index in [0.29, 0.717) is 6.61 Å². The number of nitrogens with zero attached hydrogens (tertiary/aromatic N) is 1. The molecular weight excluding hydrogens is 228 g/mol. The summed E-state index contributed by atoms with van der Waals surface area (Å²) in [5.74, 6) is -0.149. The van der Waals surface area contributed by atoms with Crippen LogP contribution in [0.3, 0.4) is 0 Å². The van der Waals surface area contributed by atoms with E-state index >= 15 is 0 Å². The lowest BCUT2D eigenvalue weighted by atomic mass is 9.96. The number of carbonyl (C=O) groups is 1. The number of esters is 1. The highest BCUT2D eigenvalue weighted by atomic mass is 16.5. The number of likely N-dealkylation sites (tertiary alicyclic amines) is 1. The van der Waals surface area contributed by atoms with Gasteiger partial charge in [0.05, 0.1) is 6.61 Å². The van der Waals surface area contributed by atoms with E-state index in [9.17, 15) is 4.79 Å². The zero-order valence-electron chi connectivity index (χ0n) is 12.5. The molecule has 1 aliphatic rings. The van der Waals surface area contributed by atoms with E-state index in [4.69, 9.17) is 4.74 Å². The minimum Gasteiger partial charge on any atom is -0.465 e. The van der Waals surface area contributed by atoms with Gasteiger partial charge in [-0.1, -0.05) is 0 Å². The Morgan fingerprint density at radius 2 is 2.17 bits per heavy atom. The van der Waals surface area contributed by atoms with Crippen molar-refractivity contribution in [3.8, 4) is 0 Å². The predicted molar refractivity (Wildman–Crippen MR) is 73.6 cm³/mol. The molecule has 1 heterocycles. The highest BCUT2D eigenvalue weighted by Gasteiger charge is 2.37. The van der Waals surface area contributed by atoms with Crippen LogP contribution in [0.15, 0.2) is 0 Å². The topological polar surface area (TPSA) is 41.6 Å². The molecule has 106 valence electrons. The number of hydrogen-bond donors (Lipinski definition) is 1. The average molecular weight is 256 g/mol. The summed E-state index contributed by atoms with van der Waals surface area (Å²) in [5, 5.41) is 3.11. The Hall–Kier alpha value is -0.610. The normalized spacial score (nSPS) is 22.7. The molecule has 1 aliphatic heterocycles. The van der Waals surface area contributed by atoms with Gasteiger partial charge in [0.15, 0.2) is 0 Å². The van der Waals surface area contributed by atoms with Gasteiger partial charge in [-0.05, 0) is 60.5 Å². The van der Waals surface area contributed by atoms with Crippen molar-refractivity contribution in [1.82, 2.24) is 10.2 Å². The van der Waals surface area contributed by atoms with Crippen LogP contribution >= 0.6 is 0 Å². The van der Waals surface area contributed by atoms with Crippen molar-refractivity contribution in [1.29, 1.82) is 0 Å². The van der Waals surface area contributed by atoms with E-state index in [1.807, 2.05) is 20.9 Å². The van der Waals surface area contributed by atoms with Crippen LogP contribution in [0.4, 0.5) is 0 Å². The van der Waals surface area contributed by atoms with Gasteiger partial charge >= 0.3 is 5.97 Å². The number of rotatable bonds is 6. The molecule has 0 aromatic rings. The van der Waals surface area contributed by atoms with E-state index in [1.165, 1.54) is 12.8 Å². The summed E-state index contributed by atoms with van der Waals surface area (Å²) in [4.78, 5) is 14.4. The van der Waals surface area contributed by atoms with Crippen LogP contribution in [-0.2, 0) is 9.53 Å². The largest absolute Gasteiger partial charge is 0.465 e. The molecule has 0 bridgehead atoms. The van der Waals surface area contributed by atoms with E-state index in [1.54, 1.807) is 0 Å². The van der Waals surface area contributed by atoms with Gasteiger partial charge < -0.3 is 10.1 Å². The van der Waals surface area contributed by atoms with Gasteiger partial charge in [-0.2, -0.15) is 0 Å². The molecule has 1 unspecified atom stereocenters. The van der Waals surface area contributed by atoms with Gasteiger partial charge in [-0.15, -0.1) is 0 Å². The summed E-state index contributed by atoms with van der Waals surface area (Å²) >= 11 is 0. The Morgan fingerprint density at radius 1 is 1.50 bits per heavy atom. The van der Waals surface area contributed by atoms with Crippen molar-refractivity contribution in [3.05, 3.63) is 0 Å². The van der Waals surface area contributed by atoms with Gasteiger partial charge in [0.25, 0.3) is 0 Å². The standard InChI is InChI=1S/C14H28N2O2/c1-6-18-12(17)14(4,15-5)9-11-16-10-7-8-13(16,2)3/h15H,6-11H2,1-5H3. The van der Waals surface area contributed by atoms with E-state index in [0.717, 1.165) is 19.5 Å². The van der Waals surface area contributed by atoms with Crippen molar-refractivity contribution in [2.45, 2.75) is 58.0 Å². The maximum absolute atomic E-state index is 12.0. The van der Waals surface area contributed by atoms with Crippen LogP contribution in [0.25, 0.3) is 0 Å². The third kappa shape index (κ3) is 3.45. The first kappa shape index (κ1) is 15.4. The Kier molecular flexibility index (Phi) is 5.17. The zero-order chi connectivity index (χ0) is 13.8. The van der Waals surface area contributed by atoms with Gasteiger partial charge in [0.2, 0.25) is 0 Å². The minimum atomic E-state index is -0.575. The van der Waals surface area contributed by atoms with Crippen LogP contribution in [0.1, 0.15) is 47.0 Å². The van der Waals surface area contributed by atoms with Gasteiger partial charge in [0.1, 0.15) is 5.54 Å². The maximum Gasteiger partial charge on any atom is 0.326 e. The third-order valence-electron chi connectivity index (χ3n) is 4.23. The molecule has 1 rings (SSSR count). The summed E-state index contributed by atoms with van der Waals surface area (Å²) in [6.07, 6.45) is 3.27. The molecule has 0 aliphatic carbocycles. The fraction of sp³-hybridized carbons (Fsp3) is 0.929. The lowest BCUT2D eigenvalue weighted by Gasteiger charge is -2.35. The first-order chi connectivity index (χ1) is 8.35. The Balaban J connectivity index is 2.56. The summed E-state index contributed by atoms with van der Waals surface area (Å²) in [5.41, 5.74) is -0.308. The second-order valence-corrected chi connectivity index (χ2v) is 5.96. The molecule has 1 saturated heterocycles. The fourth-order valence-corrected chi connectivity index (χ4v) is 2.56. The number of nitrogens with one attached hydrogen (secondary N) is 1. The maximum atomic E-state index is 12.0. The number of carbonyl (C=O) groups excluding carboxylic acids is 1. The van der Waals surface area contributed by atoms with Crippen molar-refractivity contribution < 1.29 is 9.53 Å². The number of likely N-dealkylation sites (N-methyl/N-ethyl adjacent to an activating group) is 1.